The molecule has 2 aromatic heterocycles. The van der Waals surface area contributed by atoms with E-state index in [2.05, 4.69) is 10.3 Å². The predicted octanol–water partition coefficient (Wildman–Crippen LogP) is 3.87. The summed E-state index contributed by atoms with van der Waals surface area (Å²) in [6.07, 6.45) is 0.0881. The normalized spacial score (nSPS) is 10.5. The first kappa shape index (κ1) is 18.2. The van der Waals surface area contributed by atoms with E-state index in [0.717, 1.165) is 10.6 Å². The van der Waals surface area contributed by atoms with Crippen molar-refractivity contribution in [3.05, 3.63) is 63.5 Å². The summed E-state index contributed by atoms with van der Waals surface area (Å²) < 4.78 is 18.1. The maximum absolute atomic E-state index is 12.9. The monoisotopic (exact) mass is 390 g/mol. The van der Waals surface area contributed by atoms with Gasteiger partial charge in [0.2, 0.25) is 0 Å². The van der Waals surface area contributed by atoms with Gasteiger partial charge in [-0.15, -0.1) is 11.3 Å². The molecule has 3 rings (SSSR count). The predicted molar refractivity (Wildman–Crippen MR) is 98.6 cm³/mol. The van der Waals surface area contributed by atoms with Gasteiger partial charge >= 0.3 is 5.97 Å². The van der Waals surface area contributed by atoms with Gasteiger partial charge in [-0.05, 0) is 35.7 Å². The standard InChI is InChI=1S/C18H15FN2O3S2/c19-14-3-1-12(2-4-14)18-21-15(11-26-18)9-24-16(22)5-7-20-17(23)13-6-8-25-10-13/h1-4,6,8,10-11H,5,7,9H2,(H,20,23). The molecule has 0 unspecified atom stereocenters. The van der Waals surface area contributed by atoms with Crippen molar-refractivity contribution >= 4 is 34.6 Å². The molecule has 2 heterocycles. The smallest absolute Gasteiger partial charge is 0.307 e. The fourth-order valence-corrected chi connectivity index (χ4v) is 3.55. The quantitative estimate of drug-likeness (QED) is 0.622. The molecule has 0 radical (unpaired) electrons. The van der Waals surface area contributed by atoms with Gasteiger partial charge in [-0.3, -0.25) is 9.59 Å². The highest BCUT2D eigenvalue weighted by atomic mass is 32.1. The van der Waals surface area contributed by atoms with E-state index < -0.39 is 5.97 Å². The van der Waals surface area contributed by atoms with Crippen LogP contribution in [0.2, 0.25) is 0 Å². The van der Waals surface area contributed by atoms with E-state index in [4.69, 9.17) is 4.74 Å². The Kier molecular flexibility index (Phi) is 6.08. The second kappa shape index (κ2) is 8.68. The summed E-state index contributed by atoms with van der Waals surface area (Å²) in [5.74, 6) is -0.917. The van der Waals surface area contributed by atoms with Crippen LogP contribution in [-0.2, 0) is 16.1 Å². The summed E-state index contributed by atoms with van der Waals surface area (Å²) >= 11 is 2.84. The number of ether oxygens (including phenoxy) is 1. The number of hydrogen-bond acceptors (Lipinski definition) is 6. The lowest BCUT2D eigenvalue weighted by atomic mass is 10.2. The molecule has 0 bridgehead atoms. The first-order chi connectivity index (χ1) is 12.6. The van der Waals surface area contributed by atoms with Crippen molar-refractivity contribution in [1.29, 1.82) is 0 Å². The number of halogens is 1. The molecule has 0 saturated heterocycles. The van der Waals surface area contributed by atoms with E-state index in [1.807, 2.05) is 5.38 Å². The van der Waals surface area contributed by atoms with Crippen LogP contribution in [-0.4, -0.2) is 23.4 Å². The van der Waals surface area contributed by atoms with Gasteiger partial charge in [0.05, 0.1) is 12.1 Å². The summed E-state index contributed by atoms with van der Waals surface area (Å²) in [5, 5.41) is 8.76. The Morgan fingerprint density at radius 1 is 1.15 bits per heavy atom. The van der Waals surface area contributed by atoms with Gasteiger partial charge < -0.3 is 10.1 Å². The molecule has 134 valence electrons. The fourth-order valence-electron chi connectivity index (χ4n) is 2.10. The highest BCUT2D eigenvalue weighted by Gasteiger charge is 2.10. The Morgan fingerprint density at radius 2 is 1.96 bits per heavy atom. The molecule has 0 fully saturated rings. The van der Waals surface area contributed by atoms with Gasteiger partial charge in [0.25, 0.3) is 5.91 Å². The van der Waals surface area contributed by atoms with Crippen molar-refractivity contribution in [1.82, 2.24) is 10.3 Å². The van der Waals surface area contributed by atoms with Gasteiger partial charge in [0.15, 0.2) is 0 Å². The molecule has 1 aromatic carbocycles. The molecule has 5 nitrogen and oxygen atoms in total. The highest BCUT2D eigenvalue weighted by molar-refractivity contribution is 7.13. The number of thiophene rings is 1. The average molecular weight is 390 g/mol. The van der Waals surface area contributed by atoms with Gasteiger partial charge in [0, 0.05) is 28.4 Å². The van der Waals surface area contributed by atoms with Crippen LogP contribution in [0.1, 0.15) is 22.5 Å². The van der Waals surface area contributed by atoms with E-state index in [-0.39, 0.29) is 31.3 Å². The van der Waals surface area contributed by atoms with Crippen LogP contribution in [0.25, 0.3) is 10.6 Å². The van der Waals surface area contributed by atoms with Gasteiger partial charge in [-0.1, -0.05) is 0 Å². The molecular weight excluding hydrogens is 375 g/mol. The van der Waals surface area contributed by atoms with Gasteiger partial charge in [-0.2, -0.15) is 11.3 Å². The Balaban J connectivity index is 1.42. The Hall–Kier alpha value is -2.58. The van der Waals surface area contributed by atoms with E-state index in [9.17, 15) is 14.0 Å². The number of hydrogen-bond donors (Lipinski definition) is 1. The summed E-state index contributed by atoms with van der Waals surface area (Å²) in [5.41, 5.74) is 2.02. The van der Waals surface area contributed by atoms with Crippen LogP contribution < -0.4 is 5.32 Å². The lowest BCUT2D eigenvalue weighted by Crippen LogP contribution is -2.26. The third kappa shape index (κ3) is 4.96. The molecular formula is C18H15FN2O3S2. The molecule has 0 aliphatic heterocycles. The summed E-state index contributed by atoms with van der Waals surface area (Å²) in [6, 6.07) is 7.78. The molecule has 1 amide bonds. The minimum atomic E-state index is -0.410. The number of nitrogens with zero attached hydrogens (tertiary/aromatic N) is 1. The Bertz CT molecular complexity index is 876. The molecule has 0 spiro atoms. The maximum Gasteiger partial charge on any atom is 0.307 e. The molecule has 0 aliphatic rings. The van der Waals surface area contributed by atoms with Crippen molar-refractivity contribution in [2.45, 2.75) is 13.0 Å². The number of benzene rings is 1. The number of rotatable bonds is 7. The van der Waals surface area contributed by atoms with Gasteiger partial charge in [0.1, 0.15) is 17.4 Å². The second-order valence-electron chi connectivity index (χ2n) is 5.33. The van der Waals surface area contributed by atoms with Crippen molar-refractivity contribution < 1.29 is 18.7 Å². The fraction of sp³-hybridized carbons (Fsp3) is 0.167. The largest absolute Gasteiger partial charge is 0.459 e. The second-order valence-corrected chi connectivity index (χ2v) is 6.97. The first-order valence-electron chi connectivity index (χ1n) is 7.78. The average Bonchev–Trinajstić information content (AvgIpc) is 3.32. The van der Waals surface area contributed by atoms with Crippen LogP contribution in [0.4, 0.5) is 4.39 Å². The number of nitrogens with one attached hydrogen (secondary N) is 1. The summed E-state index contributed by atoms with van der Waals surface area (Å²) in [6.45, 7) is 0.278. The summed E-state index contributed by atoms with van der Waals surface area (Å²) in [7, 11) is 0. The van der Waals surface area contributed by atoms with Crippen LogP contribution in [0.5, 0.6) is 0 Å². The van der Waals surface area contributed by atoms with E-state index in [1.165, 1.54) is 34.8 Å². The topological polar surface area (TPSA) is 68.3 Å². The SMILES string of the molecule is O=C(CCNC(=O)c1ccsc1)OCc1csc(-c2ccc(F)cc2)n1. The molecule has 3 aromatic rings. The van der Waals surface area contributed by atoms with E-state index in [0.29, 0.717) is 11.3 Å². The zero-order chi connectivity index (χ0) is 18.4. The molecule has 26 heavy (non-hydrogen) atoms. The molecule has 1 N–H and O–H groups in total. The third-order valence-corrected chi connectivity index (χ3v) is 5.05. The summed E-state index contributed by atoms with van der Waals surface area (Å²) in [4.78, 5) is 27.9. The van der Waals surface area contributed by atoms with Crippen molar-refractivity contribution in [2.24, 2.45) is 0 Å². The zero-order valence-corrected chi connectivity index (χ0v) is 15.2. The van der Waals surface area contributed by atoms with Crippen LogP contribution in [0.15, 0.2) is 46.5 Å². The number of carbonyl (C=O) groups excluding carboxylic acids is 2. The van der Waals surface area contributed by atoms with Crippen LogP contribution in [0.3, 0.4) is 0 Å². The van der Waals surface area contributed by atoms with E-state index >= 15 is 0 Å². The highest BCUT2D eigenvalue weighted by Crippen LogP contribution is 2.24. The van der Waals surface area contributed by atoms with Gasteiger partial charge in [-0.25, -0.2) is 9.37 Å². The van der Waals surface area contributed by atoms with Crippen LogP contribution in [0, 0.1) is 5.82 Å². The molecule has 8 heteroatoms. The van der Waals surface area contributed by atoms with Crippen molar-refractivity contribution in [2.75, 3.05) is 6.54 Å². The lowest BCUT2D eigenvalue weighted by molar-refractivity contribution is -0.144. The minimum absolute atomic E-state index is 0.0645. The number of esters is 1. The van der Waals surface area contributed by atoms with Crippen LogP contribution >= 0.6 is 22.7 Å². The molecule has 0 saturated carbocycles. The third-order valence-electron chi connectivity index (χ3n) is 3.42. The minimum Gasteiger partial charge on any atom is -0.459 e. The lowest BCUT2D eigenvalue weighted by Gasteiger charge is -2.04. The van der Waals surface area contributed by atoms with Crippen molar-refractivity contribution in [3.8, 4) is 10.6 Å². The number of amides is 1. The molecule has 0 aliphatic carbocycles. The maximum atomic E-state index is 12.9. The molecule has 0 atom stereocenters. The number of aromatic nitrogens is 1. The number of thiazole rings is 1. The Labute approximate surface area is 157 Å². The Morgan fingerprint density at radius 3 is 2.69 bits per heavy atom. The number of carbonyl (C=O) groups is 2. The zero-order valence-electron chi connectivity index (χ0n) is 13.6. The van der Waals surface area contributed by atoms with E-state index in [1.54, 1.807) is 29.0 Å². The van der Waals surface area contributed by atoms with Crippen molar-refractivity contribution in [3.63, 3.8) is 0 Å². The first-order valence-corrected chi connectivity index (χ1v) is 9.60.